The van der Waals surface area contributed by atoms with E-state index in [0.29, 0.717) is 5.75 Å². The predicted octanol–water partition coefficient (Wildman–Crippen LogP) is 3.33. The van der Waals surface area contributed by atoms with E-state index in [9.17, 15) is 4.21 Å². The van der Waals surface area contributed by atoms with Crippen molar-refractivity contribution < 1.29 is 4.21 Å². The van der Waals surface area contributed by atoms with Gasteiger partial charge >= 0.3 is 0 Å². The number of nitrogens with zero attached hydrogens (tertiary/aromatic N) is 2. The van der Waals surface area contributed by atoms with Crippen LogP contribution in [0.2, 0.25) is 0 Å². The normalized spacial score (nSPS) is 13.4. The molecule has 0 spiro atoms. The Morgan fingerprint density at radius 3 is 2.50 bits per heavy atom. The summed E-state index contributed by atoms with van der Waals surface area (Å²) in [6.45, 7) is 8.53. The zero-order valence-corrected chi connectivity index (χ0v) is 13.6. The molecule has 1 atom stereocenters. The molecule has 1 unspecified atom stereocenters. The molecule has 0 saturated carbocycles. The Hall–Kier alpha value is -1.42. The molecule has 0 amide bonds. The van der Waals surface area contributed by atoms with Crippen molar-refractivity contribution in [2.75, 3.05) is 0 Å². The van der Waals surface area contributed by atoms with Gasteiger partial charge in [-0.05, 0) is 35.6 Å². The first-order valence-corrected chi connectivity index (χ1v) is 8.07. The second kappa shape index (κ2) is 5.52. The van der Waals surface area contributed by atoms with Crippen molar-refractivity contribution >= 4 is 10.8 Å². The zero-order valence-electron chi connectivity index (χ0n) is 12.8. The molecule has 2 aromatic rings. The lowest BCUT2D eigenvalue weighted by Gasteiger charge is -2.20. The number of hydrogen-bond donors (Lipinski definition) is 0. The fraction of sp³-hybridized carbons (Fsp3) is 0.438. The van der Waals surface area contributed by atoms with Crippen LogP contribution in [0.4, 0.5) is 0 Å². The van der Waals surface area contributed by atoms with Crippen molar-refractivity contribution in [1.82, 2.24) is 9.78 Å². The fourth-order valence-electron chi connectivity index (χ4n) is 2.07. The summed E-state index contributed by atoms with van der Waals surface area (Å²) >= 11 is 0. The smallest absolute Gasteiger partial charge is 0.0702 e. The van der Waals surface area contributed by atoms with E-state index in [-0.39, 0.29) is 5.41 Å². The summed E-state index contributed by atoms with van der Waals surface area (Å²) in [5.74, 6) is 0.505. The SMILES string of the molecule is Cc1ccc(C(C)(C)C)cc1S(=O)Cc1ccnn1C. The first-order valence-electron chi connectivity index (χ1n) is 6.75. The molecule has 0 N–H and O–H groups in total. The van der Waals surface area contributed by atoms with Crippen LogP contribution in [0.25, 0.3) is 0 Å². The molecule has 2 rings (SSSR count). The highest BCUT2D eigenvalue weighted by molar-refractivity contribution is 7.84. The van der Waals surface area contributed by atoms with Gasteiger partial charge in [0.1, 0.15) is 0 Å². The molecule has 1 heterocycles. The number of rotatable bonds is 3. The minimum absolute atomic E-state index is 0.0686. The van der Waals surface area contributed by atoms with Gasteiger partial charge in [-0.25, -0.2) is 0 Å². The third-order valence-corrected chi connectivity index (χ3v) is 4.99. The molecule has 0 bridgehead atoms. The minimum Gasteiger partial charge on any atom is -0.272 e. The second-order valence-corrected chi connectivity index (χ2v) is 7.59. The lowest BCUT2D eigenvalue weighted by molar-refractivity contribution is 0.588. The van der Waals surface area contributed by atoms with E-state index in [4.69, 9.17) is 0 Å². The zero-order chi connectivity index (χ0) is 14.9. The lowest BCUT2D eigenvalue weighted by atomic mass is 9.87. The van der Waals surface area contributed by atoms with Gasteiger partial charge in [0.2, 0.25) is 0 Å². The number of aromatic nitrogens is 2. The quantitative estimate of drug-likeness (QED) is 0.869. The van der Waals surface area contributed by atoms with Gasteiger partial charge in [-0.15, -0.1) is 0 Å². The Bertz CT molecular complexity index is 638. The molecule has 0 aliphatic heterocycles. The average molecular weight is 290 g/mol. The highest BCUT2D eigenvalue weighted by Crippen LogP contribution is 2.26. The van der Waals surface area contributed by atoms with Crippen LogP contribution in [0.1, 0.15) is 37.6 Å². The molecule has 108 valence electrons. The first-order chi connectivity index (χ1) is 9.29. The Morgan fingerprint density at radius 1 is 1.25 bits per heavy atom. The fourth-order valence-corrected chi connectivity index (χ4v) is 3.46. The van der Waals surface area contributed by atoms with Gasteiger partial charge < -0.3 is 0 Å². The van der Waals surface area contributed by atoms with E-state index in [2.05, 4.69) is 44.1 Å². The molecule has 20 heavy (non-hydrogen) atoms. The summed E-state index contributed by atoms with van der Waals surface area (Å²) in [6, 6.07) is 8.19. The third-order valence-electron chi connectivity index (χ3n) is 3.50. The number of benzene rings is 1. The first kappa shape index (κ1) is 15.0. The van der Waals surface area contributed by atoms with Gasteiger partial charge in [-0.1, -0.05) is 32.9 Å². The summed E-state index contributed by atoms with van der Waals surface area (Å²) in [5.41, 5.74) is 3.36. The van der Waals surface area contributed by atoms with Crippen LogP contribution in [0.5, 0.6) is 0 Å². The molecule has 1 aromatic heterocycles. The molecule has 3 nitrogen and oxygen atoms in total. The van der Waals surface area contributed by atoms with Crippen LogP contribution >= 0.6 is 0 Å². The van der Waals surface area contributed by atoms with Crippen molar-refractivity contribution in [2.45, 2.75) is 43.8 Å². The van der Waals surface area contributed by atoms with E-state index < -0.39 is 10.8 Å². The lowest BCUT2D eigenvalue weighted by Crippen LogP contribution is -2.12. The Balaban J connectivity index is 2.32. The summed E-state index contributed by atoms with van der Waals surface area (Å²) in [4.78, 5) is 0.929. The summed E-state index contributed by atoms with van der Waals surface area (Å²) in [5, 5.41) is 4.12. The number of aryl methyl sites for hydroxylation is 2. The average Bonchev–Trinajstić information content (AvgIpc) is 2.74. The van der Waals surface area contributed by atoms with Gasteiger partial charge in [0.05, 0.1) is 22.2 Å². The topological polar surface area (TPSA) is 34.9 Å². The van der Waals surface area contributed by atoms with E-state index in [1.807, 2.05) is 20.0 Å². The highest BCUT2D eigenvalue weighted by Gasteiger charge is 2.17. The summed E-state index contributed by atoms with van der Waals surface area (Å²) < 4.78 is 14.4. The largest absolute Gasteiger partial charge is 0.272 e. The maximum absolute atomic E-state index is 12.6. The predicted molar refractivity (Wildman–Crippen MR) is 83.2 cm³/mol. The number of hydrogen-bond acceptors (Lipinski definition) is 2. The van der Waals surface area contributed by atoms with E-state index in [1.54, 1.807) is 10.9 Å². The second-order valence-electron chi connectivity index (χ2n) is 6.17. The monoisotopic (exact) mass is 290 g/mol. The van der Waals surface area contributed by atoms with Crippen LogP contribution in [-0.4, -0.2) is 14.0 Å². The van der Waals surface area contributed by atoms with Gasteiger partial charge in [0.25, 0.3) is 0 Å². The Morgan fingerprint density at radius 2 is 1.95 bits per heavy atom. The summed E-state index contributed by atoms with van der Waals surface area (Å²) in [6.07, 6.45) is 1.74. The molecule has 0 saturated heterocycles. The van der Waals surface area contributed by atoms with Gasteiger partial charge in [0.15, 0.2) is 0 Å². The van der Waals surface area contributed by atoms with Crippen molar-refractivity contribution in [3.63, 3.8) is 0 Å². The maximum Gasteiger partial charge on any atom is 0.0702 e. The molecule has 4 heteroatoms. The van der Waals surface area contributed by atoms with Gasteiger partial charge in [0, 0.05) is 18.1 Å². The van der Waals surface area contributed by atoms with Gasteiger partial charge in [-0.2, -0.15) is 5.10 Å². The highest BCUT2D eigenvalue weighted by atomic mass is 32.2. The van der Waals surface area contributed by atoms with E-state index in [1.165, 1.54) is 5.56 Å². The maximum atomic E-state index is 12.6. The Labute approximate surface area is 123 Å². The van der Waals surface area contributed by atoms with Crippen molar-refractivity contribution in [2.24, 2.45) is 7.05 Å². The molecule has 0 radical (unpaired) electrons. The molecule has 0 aliphatic carbocycles. The summed E-state index contributed by atoms with van der Waals surface area (Å²) in [7, 11) is 0.839. The molecular formula is C16H22N2OS. The molecule has 0 aliphatic rings. The van der Waals surface area contributed by atoms with E-state index >= 15 is 0 Å². The van der Waals surface area contributed by atoms with Crippen LogP contribution in [0, 0.1) is 6.92 Å². The molecular weight excluding hydrogens is 268 g/mol. The van der Waals surface area contributed by atoms with Crippen LogP contribution in [0.3, 0.4) is 0 Å². The third kappa shape index (κ3) is 3.18. The van der Waals surface area contributed by atoms with Gasteiger partial charge in [-0.3, -0.25) is 8.89 Å². The minimum atomic E-state index is -1.04. The molecule has 1 aromatic carbocycles. The van der Waals surface area contributed by atoms with E-state index in [0.717, 1.165) is 16.2 Å². The van der Waals surface area contributed by atoms with Crippen LogP contribution < -0.4 is 0 Å². The molecule has 0 fully saturated rings. The van der Waals surface area contributed by atoms with Crippen molar-refractivity contribution in [3.8, 4) is 0 Å². The van der Waals surface area contributed by atoms with Crippen LogP contribution in [0.15, 0.2) is 35.4 Å². The Kier molecular flexibility index (Phi) is 4.14. The standard InChI is InChI=1S/C16H22N2OS/c1-12-6-7-13(16(2,3)4)10-15(12)20(19)11-14-8-9-17-18(14)5/h6-10H,11H2,1-5H3. The van der Waals surface area contributed by atoms with Crippen LogP contribution in [-0.2, 0) is 29.0 Å². The van der Waals surface area contributed by atoms with Crippen molar-refractivity contribution in [1.29, 1.82) is 0 Å². The van der Waals surface area contributed by atoms with Crippen molar-refractivity contribution in [3.05, 3.63) is 47.3 Å².